The molecule has 0 aliphatic carbocycles. The summed E-state index contributed by atoms with van der Waals surface area (Å²) in [5.41, 5.74) is 0.179. The number of carbonyl (C=O) groups excluding carboxylic acids is 2. The molecule has 0 saturated carbocycles. The molecule has 0 spiro atoms. The lowest BCUT2D eigenvalue weighted by atomic mass is 9.96. The summed E-state index contributed by atoms with van der Waals surface area (Å²) in [5.74, 6) is -2.83. The molecule has 1 aliphatic rings. The first-order chi connectivity index (χ1) is 13.4. The average molecular weight is 440 g/mol. The zero-order chi connectivity index (χ0) is 21.9. The number of carbonyl (C=O) groups is 2. The van der Waals surface area contributed by atoms with Gasteiger partial charge in [0.15, 0.2) is 6.61 Å². The number of halogens is 4. The van der Waals surface area contributed by atoms with Gasteiger partial charge in [0.2, 0.25) is 12.9 Å². The van der Waals surface area contributed by atoms with Crippen molar-refractivity contribution in [2.75, 3.05) is 13.4 Å². The summed E-state index contributed by atoms with van der Waals surface area (Å²) in [6.07, 6.45) is -6.62. The standard InChI is InChI=1S/C16H13ClF3NO8/c1-7-3-11-9(8(2)13(7)17)4-10(14(29-11)16(18,19)20)15(23)27-6-26-12(22)5-28-21(24)25/h3-4,14H,5-6H2,1-2H3/t14-/m0/s1. The Morgan fingerprint density at radius 1 is 1.31 bits per heavy atom. The summed E-state index contributed by atoms with van der Waals surface area (Å²) in [4.78, 5) is 36.9. The van der Waals surface area contributed by atoms with Gasteiger partial charge >= 0.3 is 18.1 Å². The van der Waals surface area contributed by atoms with Crippen LogP contribution in [0.2, 0.25) is 5.02 Å². The molecular formula is C16H13ClF3NO8. The van der Waals surface area contributed by atoms with Gasteiger partial charge < -0.3 is 19.0 Å². The van der Waals surface area contributed by atoms with Crippen molar-refractivity contribution >= 4 is 29.6 Å². The Kier molecular flexibility index (Phi) is 6.57. The number of alkyl halides is 3. The van der Waals surface area contributed by atoms with Crippen LogP contribution >= 0.6 is 11.6 Å². The van der Waals surface area contributed by atoms with Crippen LogP contribution in [0.4, 0.5) is 13.2 Å². The predicted octanol–water partition coefficient (Wildman–Crippen LogP) is 2.92. The summed E-state index contributed by atoms with van der Waals surface area (Å²) in [7, 11) is 0. The third-order valence-corrected chi connectivity index (χ3v) is 4.33. The fourth-order valence-corrected chi connectivity index (χ4v) is 2.58. The Labute approximate surface area is 166 Å². The smallest absolute Gasteiger partial charge is 0.430 e. The molecule has 0 radical (unpaired) electrons. The monoisotopic (exact) mass is 439 g/mol. The molecule has 1 aromatic rings. The van der Waals surface area contributed by atoms with Crippen LogP contribution in [0.3, 0.4) is 0 Å². The first-order valence-electron chi connectivity index (χ1n) is 7.76. The van der Waals surface area contributed by atoms with Crippen LogP contribution in [0.1, 0.15) is 16.7 Å². The molecule has 0 unspecified atom stereocenters. The molecule has 9 nitrogen and oxygen atoms in total. The molecule has 0 saturated heterocycles. The van der Waals surface area contributed by atoms with Gasteiger partial charge in [-0.2, -0.15) is 13.2 Å². The van der Waals surface area contributed by atoms with Crippen molar-refractivity contribution < 1.29 is 46.9 Å². The molecule has 1 aliphatic heterocycles. The highest BCUT2D eigenvalue weighted by atomic mass is 35.5. The van der Waals surface area contributed by atoms with Crippen LogP contribution in [0.15, 0.2) is 11.6 Å². The number of hydrogen-bond donors (Lipinski definition) is 0. The van der Waals surface area contributed by atoms with E-state index < -0.39 is 48.3 Å². The molecule has 158 valence electrons. The third kappa shape index (κ3) is 5.28. The minimum Gasteiger partial charge on any atom is -0.475 e. The summed E-state index contributed by atoms with van der Waals surface area (Å²) in [6, 6.07) is 1.32. The van der Waals surface area contributed by atoms with Crippen molar-refractivity contribution in [3.63, 3.8) is 0 Å². The van der Waals surface area contributed by atoms with Gasteiger partial charge in [-0.1, -0.05) is 11.6 Å². The van der Waals surface area contributed by atoms with Crippen molar-refractivity contribution in [3.8, 4) is 5.75 Å². The predicted molar refractivity (Wildman–Crippen MR) is 89.4 cm³/mol. The molecule has 0 N–H and O–H groups in total. The second-order valence-electron chi connectivity index (χ2n) is 5.75. The van der Waals surface area contributed by atoms with E-state index in [2.05, 4.69) is 14.3 Å². The lowest BCUT2D eigenvalue weighted by Crippen LogP contribution is -2.41. The fourth-order valence-electron chi connectivity index (χ4n) is 2.42. The van der Waals surface area contributed by atoms with Gasteiger partial charge in [0.1, 0.15) is 5.75 Å². The quantitative estimate of drug-likeness (QED) is 0.288. The van der Waals surface area contributed by atoms with Crippen molar-refractivity contribution in [1.29, 1.82) is 0 Å². The van der Waals surface area contributed by atoms with Crippen LogP contribution in [-0.4, -0.2) is 42.7 Å². The van der Waals surface area contributed by atoms with Gasteiger partial charge in [-0.15, -0.1) is 10.1 Å². The third-order valence-electron chi connectivity index (χ3n) is 3.75. The highest BCUT2D eigenvalue weighted by molar-refractivity contribution is 6.32. The van der Waals surface area contributed by atoms with E-state index in [1.54, 1.807) is 13.8 Å². The summed E-state index contributed by atoms with van der Waals surface area (Å²) < 4.78 is 54.0. The van der Waals surface area contributed by atoms with E-state index >= 15 is 0 Å². The number of fused-ring (bicyclic) bond motifs is 1. The SMILES string of the molecule is Cc1cc2c(c(C)c1Cl)C=C(C(=O)OCOC(=O)CO[N+](=O)[O-])[C@@H](C(F)(F)F)O2. The van der Waals surface area contributed by atoms with Crippen LogP contribution < -0.4 is 4.74 Å². The molecule has 0 aromatic heterocycles. The normalized spacial score (nSPS) is 15.5. The largest absolute Gasteiger partial charge is 0.475 e. The maximum atomic E-state index is 13.4. The van der Waals surface area contributed by atoms with Crippen molar-refractivity contribution in [1.82, 2.24) is 0 Å². The Morgan fingerprint density at radius 2 is 1.97 bits per heavy atom. The highest BCUT2D eigenvalue weighted by Gasteiger charge is 2.49. The van der Waals surface area contributed by atoms with E-state index in [9.17, 15) is 32.9 Å². The van der Waals surface area contributed by atoms with E-state index in [1.165, 1.54) is 6.07 Å². The molecule has 13 heteroatoms. The number of benzene rings is 1. The fraction of sp³-hybridized carbons (Fsp3) is 0.375. The number of nitrogens with zero attached hydrogens (tertiary/aromatic N) is 1. The Balaban J connectivity index is 2.21. The maximum Gasteiger partial charge on any atom is 0.430 e. The van der Waals surface area contributed by atoms with E-state index in [0.29, 0.717) is 16.1 Å². The van der Waals surface area contributed by atoms with Gasteiger partial charge in [-0.3, -0.25) is 0 Å². The van der Waals surface area contributed by atoms with E-state index in [0.717, 1.165) is 6.08 Å². The Morgan fingerprint density at radius 3 is 2.55 bits per heavy atom. The van der Waals surface area contributed by atoms with Gasteiger partial charge in [0.05, 0.1) is 5.57 Å². The van der Waals surface area contributed by atoms with Gasteiger partial charge in [-0.25, -0.2) is 9.59 Å². The number of ether oxygens (including phenoxy) is 3. The number of aryl methyl sites for hydroxylation is 1. The van der Waals surface area contributed by atoms with E-state index in [4.69, 9.17) is 16.3 Å². The lowest BCUT2D eigenvalue weighted by molar-refractivity contribution is -0.754. The second-order valence-corrected chi connectivity index (χ2v) is 6.12. The molecule has 0 bridgehead atoms. The van der Waals surface area contributed by atoms with Gasteiger partial charge in [0.25, 0.3) is 5.09 Å². The zero-order valence-corrected chi connectivity index (χ0v) is 15.6. The molecule has 2 rings (SSSR count). The van der Waals surface area contributed by atoms with Crippen LogP contribution in [0.5, 0.6) is 5.75 Å². The minimum atomic E-state index is -4.94. The molecule has 1 heterocycles. The first-order valence-corrected chi connectivity index (χ1v) is 8.14. The van der Waals surface area contributed by atoms with Crippen LogP contribution in [-0.2, 0) is 23.9 Å². The average Bonchev–Trinajstić information content (AvgIpc) is 2.63. The molecule has 1 aromatic carbocycles. The summed E-state index contributed by atoms with van der Waals surface area (Å²) in [6.45, 7) is 0.973. The van der Waals surface area contributed by atoms with Crippen molar-refractivity contribution in [2.45, 2.75) is 26.1 Å². The topological polar surface area (TPSA) is 114 Å². The van der Waals surface area contributed by atoms with Crippen molar-refractivity contribution in [2.24, 2.45) is 0 Å². The summed E-state index contributed by atoms with van der Waals surface area (Å²) in [5, 5.41) is 8.99. The Bertz CT molecular complexity index is 884. The van der Waals surface area contributed by atoms with Crippen molar-refractivity contribution in [3.05, 3.63) is 43.5 Å². The Hall–Kier alpha value is -3.02. The zero-order valence-electron chi connectivity index (χ0n) is 14.9. The number of rotatable bonds is 6. The molecule has 1 atom stereocenters. The van der Waals surface area contributed by atoms with E-state index in [1.807, 2.05) is 0 Å². The summed E-state index contributed by atoms with van der Waals surface area (Å²) >= 11 is 6.10. The van der Waals surface area contributed by atoms with Crippen LogP contribution in [0, 0.1) is 24.0 Å². The minimum absolute atomic E-state index is 0.105. The second kappa shape index (κ2) is 8.55. The molecule has 0 amide bonds. The molecule has 29 heavy (non-hydrogen) atoms. The molecule has 0 fully saturated rings. The molecular weight excluding hydrogens is 427 g/mol. The van der Waals surface area contributed by atoms with E-state index in [-0.39, 0.29) is 11.3 Å². The first kappa shape index (κ1) is 22.3. The van der Waals surface area contributed by atoms with Gasteiger partial charge in [0, 0.05) is 10.6 Å². The highest BCUT2D eigenvalue weighted by Crippen LogP contribution is 2.41. The number of esters is 2. The van der Waals surface area contributed by atoms with Gasteiger partial charge in [-0.05, 0) is 37.1 Å². The maximum absolute atomic E-state index is 13.4. The van der Waals surface area contributed by atoms with Crippen LogP contribution in [0.25, 0.3) is 6.08 Å². The number of hydrogen-bond acceptors (Lipinski definition) is 8. The lowest BCUT2D eigenvalue weighted by Gasteiger charge is -2.29.